The van der Waals surface area contributed by atoms with Gasteiger partial charge in [-0.1, -0.05) is 48.0 Å². The standard InChI is InChI=1S/C17H17N3S/c1-11-7-9-14(10-8-11)16-18-19-17(21)20(16)15-12(2)5-4-6-13(15)3/h4-10H,1-3H3,(H,19,21). The molecule has 1 N–H and O–H groups in total. The molecule has 0 bridgehead atoms. The van der Waals surface area contributed by atoms with Crippen LogP contribution in [0, 0.1) is 25.5 Å². The maximum Gasteiger partial charge on any atom is 0.200 e. The number of rotatable bonds is 2. The van der Waals surface area contributed by atoms with Crippen molar-refractivity contribution in [1.29, 1.82) is 0 Å². The lowest BCUT2D eigenvalue weighted by molar-refractivity contribution is 1.01. The third kappa shape index (κ3) is 2.43. The van der Waals surface area contributed by atoms with Crippen molar-refractivity contribution >= 4 is 12.2 Å². The summed E-state index contributed by atoms with van der Waals surface area (Å²) in [6.07, 6.45) is 0. The molecule has 106 valence electrons. The van der Waals surface area contributed by atoms with Crippen molar-refractivity contribution in [3.63, 3.8) is 0 Å². The summed E-state index contributed by atoms with van der Waals surface area (Å²) in [6.45, 7) is 6.26. The zero-order valence-electron chi connectivity index (χ0n) is 12.3. The summed E-state index contributed by atoms with van der Waals surface area (Å²) in [5, 5.41) is 7.34. The molecule has 3 rings (SSSR count). The smallest absolute Gasteiger partial charge is 0.200 e. The molecular weight excluding hydrogens is 278 g/mol. The summed E-state index contributed by atoms with van der Waals surface area (Å²) in [6, 6.07) is 14.6. The molecule has 0 spiro atoms. The van der Waals surface area contributed by atoms with Crippen molar-refractivity contribution in [1.82, 2.24) is 14.8 Å². The SMILES string of the molecule is Cc1ccc(-c2n[nH]c(=S)n2-c2c(C)cccc2C)cc1. The van der Waals surface area contributed by atoms with Crippen LogP contribution >= 0.6 is 12.2 Å². The van der Waals surface area contributed by atoms with Gasteiger partial charge in [-0.2, -0.15) is 5.10 Å². The van der Waals surface area contributed by atoms with E-state index in [0.29, 0.717) is 4.77 Å². The molecule has 0 aliphatic heterocycles. The van der Waals surface area contributed by atoms with Crippen molar-refractivity contribution in [2.75, 3.05) is 0 Å². The number of aromatic amines is 1. The highest BCUT2D eigenvalue weighted by molar-refractivity contribution is 7.71. The lowest BCUT2D eigenvalue weighted by Crippen LogP contribution is -2.02. The molecule has 0 unspecified atom stereocenters. The van der Waals surface area contributed by atoms with Gasteiger partial charge in [-0.05, 0) is 44.1 Å². The summed E-state index contributed by atoms with van der Waals surface area (Å²) >= 11 is 5.44. The van der Waals surface area contributed by atoms with Gasteiger partial charge in [-0.3, -0.25) is 9.67 Å². The van der Waals surface area contributed by atoms with Crippen LogP contribution in [0.25, 0.3) is 17.1 Å². The van der Waals surface area contributed by atoms with E-state index in [1.807, 2.05) is 4.57 Å². The molecule has 0 atom stereocenters. The van der Waals surface area contributed by atoms with E-state index in [4.69, 9.17) is 12.2 Å². The Hall–Kier alpha value is -2.20. The number of nitrogens with zero attached hydrogens (tertiary/aromatic N) is 2. The van der Waals surface area contributed by atoms with Crippen LogP contribution in [0.1, 0.15) is 16.7 Å². The molecule has 0 saturated heterocycles. The molecular formula is C17H17N3S. The predicted molar refractivity (Wildman–Crippen MR) is 88.4 cm³/mol. The van der Waals surface area contributed by atoms with Crippen LogP contribution in [-0.4, -0.2) is 14.8 Å². The van der Waals surface area contributed by atoms with Crippen LogP contribution in [0.5, 0.6) is 0 Å². The van der Waals surface area contributed by atoms with Gasteiger partial charge in [0.15, 0.2) is 10.6 Å². The largest absolute Gasteiger partial charge is 0.268 e. The number of nitrogens with one attached hydrogen (secondary N) is 1. The average Bonchev–Trinajstić information content (AvgIpc) is 2.82. The van der Waals surface area contributed by atoms with Gasteiger partial charge in [-0.25, -0.2) is 0 Å². The first-order valence-electron chi connectivity index (χ1n) is 6.89. The summed E-state index contributed by atoms with van der Waals surface area (Å²) in [5.74, 6) is 0.845. The lowest BCUT2D eigenvalue weighted by atomic mass is 10.1. The monoisotopic (exact) mass is 295 g/mol. The highest BCUT2D eigenvalue weighted by atomic mass is 32.1. The molecule has 0 aliphatic carbocycles. The zero-order chi connectivity index (χ0) is 15.0. The average molecular weight is 295 g/mol. The molecule has 0 fully saturated rings. The topological polar surface area (TPSA) is 33.6 Å². The summed E-state index contributed by atoms with van der Waals surface area (Å²) in [5.41, 5.74) is 5.75. The minimum Gasteiger partial charge on any atom is -0.268 e. The van der Waals surface area contributed by atoms with Crippen molar-refractivity contribution in [2.24, 2.45) is 0 Å². The fourth-order valence-electron chi connectivity index (χ4n) is 2.56. The van der Waals surface area contributed by atoms with Crippen LogP contribution < -0.4 is 0 Å². The fourth-order valence-corrected chi connectivity index (χ4v) is 2.78. The Morgan fingerprint density at radius 3 is 2.19 bits per heavy atom. The summed E-state index contributed by atoms with van der Waals surface area (Å²) < 4.78 is 2.63. The van der Waals surface area contributed by atoms with E-state index in [0.717, 1.165) is 17.1 Å². The Labute approximate surface area is 129 Å². The quantitative estimate of drug-likeness (QED) is 0.705. The number of aryl methyl sites for hydroxylation is 3. The number of benzene rings is 2. The fraction of sp³-hybridized carbons (Fsp3) is 0.176. The second kappa shape index (κ2) is 5.30. The molecule has 1 aromatic heterocycles. The Morgan fingerprint density at radius 2 is 1.57 bits per heavy atom. The van der Waals surface area contributed by atoms with E-state index in [-0.39, 0.29) is 0 Å². The van der Waals surface area contributed by atoms with E-state index in [1.165, 1.54) is 16.7 Å². The minimum absolute atomic E-state index is 0.614. The molecule has 3 nitrogen and oxygen atoms in total. The Kier molecular flexibility index (Phi) is 3.47. The lowest BCUT2D eigenvalue weighted by Gasteiger charge is -2.13. The third-order valence-electron chi connectivity index (χ3n) is 3.65. The molecule has 0 aliphatic rings. The number of H-pyrrole nitrogens is 1. The van der Waals surface area contributed by atoms with Gasteiger partial charge in [-0.15, -0.1) is 0 Å². The first-order chi connectivity index (χ1) is 10.1. The normalized spacial score (nSPS) is 10.8. The molecule has 0 saturated carbocycles. The van der Waals surface area contributed by atoms with Crippen molar-refractivity contribution < 1.29 is 0 Å². The minimum atomic E-state index is 0.614. The van der Waals surface area contributed by atoms with Gasteiger partial charge in [0, 0.05) is 5.56 Å². The molecule has 21 heavy (non-hydrogen) atoms. The zero-order valence-corrected chi connectivity index (χ0v) is 13.2. The van der Waals surface area contributed by atoms with E-state index in [2.05, 4.69) is 73.4 Å². The van der Waals surface area contributed by atoms with Crippen LogP contribution in [0.15, 0.2) is 42.5 Å². The molecule has 0 amide bonds. The van der Waals surface area contributed by atoms with Gasteiger partial charge in [0.25, 0.3) is 0 Å². The number of para-hydroxylation sites is 1. The van der Waals surface area contributed by atoms with Crippen LogP contribution in [-0.2, 0) is 0 Å². The van der Waals surface area contributed by atoms with Gasteiger partial charge in [0.05, 0.1) is 5.69 Å². The molecule has 1 heterocycles. The van der Waals surface area contributed by atoms with Crippen molar-refractivity contribution in [3.8, 4) is 17.1 Å². The second-order valence-electron chi connectivity index (χ2n) is 5.29. The van der Waals surface area contributed by atoms with E-state index in [9.17, 15) is 0 Å². The highest BCUT2D eigenvalue weighted by Gasteiger charge is 2.14. The Balaban J connectivity index is 2.27. The first kappa shape index (κ1) is 13.8. The van der Waals surface area contributed by atoms with E-state index < -0.39 is 0 Å². The third-order valence-corrected chi connectivity index (χ3v) is 3.92. The Morgan fingerprint density at radius 1 is 0.952 bits per heavy atom. The van der Waals surface area contributed by atoms with Crippen molar-refractivity contribution in [3.05, 3.63) is 63.9 Å². The van der Waals surface area contributed by atoms with Gasteiger partial charge < -0.3 is 0 Å². The van der Waals surface area contributed by atoms with Gasteiger partial charge in [0.1, 0.15) is 0 Å². The van der Waals surface area contributed by atoms with Gasteiger partial charge >= 0.3 is 0 Å². The molecule has 3 aromatic rings. The summed E-state index contributed by atoms with van der Waals surface area (Å²) in [4.78, 5) is 0. The van der Waals surface area contributed by atoms with E-state index in [1.54, 1.807) is 0 Å². The van der Waals surface area contributed by atoms with Crippen LogP contribution in [0.4, 0.5) is 0 Å². The number of hydrogen-bond acceptors (Lipinski definition) is 2. The van der Waals surface area contributed by atoms with E-state index >= 15 is 0 Å². The second-order valence-corrected chi connectivity index (χ2v) is 5.68. The maximum atomic E-state index is 5.44. The maximum absolute atomic E-state index is 5.44. The molecule has 4 heteroatoms. The molecule has 2 aromatic carbocycles. The van der Waals surface area contributed by atoms with Crippen molar-refractivity contribution in [2.45, 2.75) is 20.8 Å². The van der Waals surface area contributed by atoms with Gasteiger partial charge in [0.2, 0.25) is 0 Å². The molecule has 0 radical (unpaired) electrons. The predicted octanol–water partition coefficient (Wildman–Crippen LogP) is 4.52. The number of hydrogen-bond donors (Lipinski definition) is 1. The van der Waals surface area contributed by atoms with Crippen LogP contribution in [0.2, 0.25) is 0 Å². The highest BCUT2D eigenvalue weighted by Crippen LogP contribution is 2.26. The van der Waals surface area contributed by atoms with Crippen LogP contribution in [0.3, 0.4) is 0 Å². The number of aromatic nitrogens is 3. The Bertz CT molecular complexity index is 821. The first-order valence-corrected chi connectivity index (χ1v) is 7.30. The summed E-state index contributed by atoms with van der Waals surface area (Å²) in [7, 11) is 0.